The largest absolute Gasteiger partial charge is 0.456 e. The first-order chi connectivity index (χ1) is 32.1. The lowest BCUT2D eigenvalue weighted by Crippen LogP contribution is -2.55. The lowest BCUT2D eigenvalue weighted by molar-refractivity contribution is -0.0399. The van der Waals surface area contributed by atoms with Gasteiger partial charge in [0.2, 0.25) is 0 Å². The molecule has 15 rings (SSSR count). The zero-order chi connectivity index (χ0) is 42.6. The molecule has 10 aromatic rings. The van der Waals surface area contributed by atoms with Crippen LogP contribution in [0.3, 0.4) is 0 Å². The smallest absolute Gasteiger partial charge is 0.164 e. The average Bonchev–Trinajstić information content (AvgIpc) is 3.87. The number of fused-ring (bicyclic) bond motifs is 6. The summed E-state index contributed by atoms with van der Waals surface area (Å²) in [6.07, 6.45) is 6.51. The van der Waals surface area contributed by atoms with Gasteiger partial charge in [-0.1, -0.05) is 140 Å². The van der Waals surface area contributed by atoms with Gasteiger partial charge in [0, 0.05) is 49.6 Å². The highest BCUT2D eigenvalue weighted by Gasteiger charge is 2.61. The third kappa shape index (κ3) is 5.74. The van der Waals surface area contributed by atoms with Crippen LogP contribution in [0.2, 0.25) is 0 Å². The third-order valence-electron chi connectivity index (χ3n) is 15.2. The maximum Gasteiger partial charge on any atom is 0.164 e. The maximum atomic E-state index is 6.96. The molecule has 310 valence electrons. The quantitative estimate of drug-likeness (QED) is 0.165. The molecular weight excluding hydrogens is 797 g/mol. The van der Waals surface area contributed by atoms with E-state index in [9.17, 15) is 0 Å². The van der Waals surface area contributed by atoms with E-state index in [1.54, 1.807) is 0 Å². The molecule has 0 N–H and O–H groups in total. The predicted octanol–water partition coefficient (Wildman–Crippen LogP) is 13.7. The van der Waals surface area contributed by atoms with Crippen molar-refractivity contribution in [2.45, 2.75) is 37.5 Å². The van der Waals surface area contributed by atoms with Crippen molar-refractivity contribution in [2.75, 3.05) is 0 Å². The van der Waals surface area contributed by atoms with Crippen LogP contribution in [0.4, 0.5) is 0 Å². The van der Waals surface area contributed by atoms with Crippen LogP contribution < -0.4 is 0 Å². The molecule has 7 heteroatoms. The van der Waals surface area contributed by atoms with E-state index in [2.05, 4.69) is 72.8 Å². The summed E-state index contributed by atoms with van der Waals surface area (Å²) < 4.78 is 6.96. The van der Waals surface area contributed by atoms with Crippen LogP contribution in [0.5, 0.6) is 0 Å². The monoisotopic (exact) mass is 838 g/mol. The molecule has 3 aromatic heterocycles. The highest BCUT2D eigenvalue weighted by molar-refractivity contribution is 6.08. The minimum atomic E-state index is -0.101. The first-order valence-corrected chi connectivity index (χ1v) is 23.0. The van der Waals surface area contributed by atoms with Crippen LogP contribution in [0.25, 0.3) is 101 Å². The molecule has 0 saturated heterocycles. The van der Waals surface area contributed by atoms with Crippen molar-refractivity contribution >= 4 is 21.9 Å². The summed E-state index contributed by atoms with van der Waals surface area (Å²) in [7, 11) is 0. The number of rotatable bonds is 6. The second-order valence-electron chi connectivity index (χ2n) is 18.7. The van der Waals surface area contributed by atoms with Gasteiger partial charge in [0.1, 0.15) is 11.2 Å². The molecule has 0 unspecified atom stereocenters. The highest BCUT2D eigenvalue weighted by Crippen LogP contribution is 2.70. The molecule has 1 spiro atoms. The fourth-order valence-corrected chi connectivity index (χ4v) is 12.6. The number of nitrogens with zero attached hydrogens (tertiary/aromatic N) is 6. The molecule has 0 atom stereocenters. The Balaban J connectivity index is 0.927. The Kier molecular flexibility index (Phi) is 8.03. The molecule has 4 fully saturated rings. The van der Waals surface area contributed by atoms with Gasteiger partial charge >= 0.3 is 0 Å². The van der Waals surface area contributed by atoms with Crippen LogP contribution >= 0.6 is 0 Å². The van der Waals surface area contributed by atoms with E-state index in [0.717, 1.165) is 67.2 Å². The molecule has 4 saturated carbocycles. The van der Waals surface area contributed by atoms with E-state index >= 15 is 0 Å². The third-order valence-corrected chi connectivity index (χ3v) is 15.2. The minimum Gasteiger partial charge on any atom is -0.456 e. The van der Waals surface area contributed by atoms with Gasteiger partial charge in [-0.25, -0.2) is 29.9 Å². The first kappa shape index (κ1) is 36.8. The topological polar surface area (TPSA) is 90.5 Å². The Hall–Kier alpha value is -7.64. The van der Waals surface area contributed by atoms with Crippen molar-refractivity contribution in [3.63, 3.8) is 0 Å². The Labute approximate surface area is 376 Å². The molecule has 0 radical (unpaired) electrons. The van der Waals surface area contributed by atoms with Gasteiger partial charge in [-0.15, -0.1) is 0 Å². The fourth-order valence-electron chi connectivity index (χ4n) is 12.6. The zero-order valence-electron chi connectivity index (χ0n) is 35.6. The van der Waals surface area contributed by atoms with Gasteiger partial charge in [-0.2, -0.15) is 0 Å². The van der Waals surface area contributed by atoms with E-state index < -0.39 is 0 Å². The molecule has 4 bridgehead atoms. The van der Waals surface area contributed by atoms with E-state index in [1.807, 2.05) is 97.1 Å². The Bertz CT molecular complexity index is 3350. The molecule has 7 aromatic carbocycles. The Morgan fingerprint density at radius 3 is 1.22 bits per heavy atom. The summed E-state index contributed by atoms with van der Waals surface area (Å²) in [5, 5.41) is 2.22. The number of furan rings is 1. The normalized spacial score (nSPS) is 21.3. The van der Waals surface area contributed by atoms with Crippen LogP contribution in [0.15, 0.2) is 174 Å². The van der Waals surface area contributed by atoms with Crippen molar-refractivity contribution in [2.24, 2.45) is 23.7 Å². The second kappa shape index (κ2) is 14.2. The van der Waals surface area contributed by atoms with Crippen molar-refractivity contribution in [1.82, 2.24) is 29.9 Å². The van der Waals surface area contributed by atoms with Gasteiger partial charge in [0.15, 0.2) is 34.9 Å². The average molecular weight is 839 g/mol. The molecule has 65 heavy (non-hydrogen) atoms. The van der Waals surface area contributed by atoms with Gasteiger partial charge in [0.05, 0.1) is 0 Å². The van der Waals surface area contributed by atoms with E-state index in [-0.39, 0.29) is 5.41 Å². The molecule has 5 aliphatic carbocycles. The molecular formula is C58H42N6O. The van der Waals surface area contributed by atoms with Crippen molar-refractivity contribution in [3.05, 3.63) is 181 Å². The number of hydrogen-bond acceptors (Lipinski definition) is 7. The molecule has 0 aliphatic heterocycles. The Morgan fingerprint density at radius 1 is 0.338 bits per heavy atom. The van der Waals surface area contributed by atoms with Crippen LogP contribution in [-0.4, -0.2) is 29.9 Å². The maximum absolute atomic E-state index is 6.96. The van der Waals surface area contributed by atoms with Crippen molar-refractivity contribution < 1.29 is 4.42 Å². The van der Waals surface area contributed by atoms with Crippen LogP contribution in [-0.2, 0) is 5.41 Å². The highest BCUT2D eigenvalue weighted by atomic mass is 16.3. The van der Waals surface area contributed by atoms with Gasteiger partial charge in [-0.05, 0) is 108 Å². The summed E-state index contributed by atoms with van der Waals surface area (Å²) >= 11 is 0. The summed E-state index contributed by atoms with van der Waals surface area (Å²) in [6, 6.07) is 59.1. The van der Waals surface area contributed by atoms with E-state index in [1.165, 1.54) is 54.4 Å². The number of aromatic nitrogens is 6. The SMILES string of the molecule is c1ccc(-c2nc(-c3ccccc3)nc(-c3ccc4c(c3)C3(c5cc6oc7cc(-c8nc(-c9ccccc9)nc(-c9ccccc9)n8)ccc7c6cc5-4)C4CC5CC(C4)CC3C5)n2)cc1. The Morgan fingerprint density at radius 2 is 0.738 bits per heavy atom. The minimum absolute atomic E-state index is 0.101. The van der Waals surface area contributed by atoms with Gasteiger partial charge in [0.25, 0.3) is 0 Å². The van der Waals surface area contributed by atoms with Gasteiger partial charge < -0.3 is 4.42 Å². The summed E-state index contributed by atoms with van der Waals surface area (Å²) in [5.41, 5.74) is 13.0. The fraction of sp³-hybridized carbons (Fsp3) is 0.172. The number of benzene rings is 7. The molecule has 3 heterocycles. The standard InChI is InChI=1S/C58H42N6O/c1-5-13-36(14-6-1)52-59-53(37-15-7-2-8-16-37)62-56(61-52)40-21-23-44-46-32-47-45-24-22-41(57-63-54(38-17-9-3-10-18-38)60-55(64-57)39-19-11-4-12-20-39)31-50(45)65-51(47)33-49(46)58(48(44)30-40)42-26-34-25-35(28-42)29-43(58)27-34/h1-24,30-35,42-43H,25-29H2. The lowest BCUT2D eigenvalue weighted by atomic mass is 9.43. The van der Waals surface area contributed by atoms with Crippen molar-refractivity contribution in [1.29, 1.82) is 0 Å². The first-order valence-electron chi connectivity index (χ1n) is 23.0. The predicted molar refractivity (Wildman–Crippen MR) is 256 cm³/mol. The molecule has 0 amide bonds. The zero-order valence-corrected chi connectivity index (χ0v) is 35.6. The second-order valence-corrected chi connectivity index (χ2v) is 18.7. The van der Waals surface area contributed by atoms with E-state index in [4.69, 9.17) is 34.3 Å². The summed E-state index contributed by atoms with van der Waals surface area (Å²) in [6.45, 7) is 0. The van der Waals surface area contributed by atoms with Gasteiger partial charge in [-0.3, -0.25) is 0 Å². The van der Waals surface area contributed by atoms with Crippen LogP contribution in [0.1, 0.15) is 43.2 Å². The summed E-state index contributed by atoms with van der Waals surface area (Å²) in [4.78, 5) is 30.4. The van der Waals surface area contributed by atoms with Crippen LogP contribution in [0, 0.1) is 23.7 Å². The molecule has 7 nitrogen and oxygen atoms in total. The lowest BCUT2D eigenvalue weighted by Gasteiger charge is -2.61. The van der Waals surface area contributed by atoms with E-state index in [0.29, 0.717) is 46.8 Å². The molecule has 5 aliphatic rings. The van der Waals surface area contributed by atoms with Crippen molar-refractivity contribution in [3.8, 4) is 79.5 Å². The summed E-state index contributed by atoms with van der Waals surface area (Å²) in [5.74, 6) is 6.74. The number of hydrogen-bond donors (Lipinski definition) is 0.